The van der Waals surface area contributed by atoms with Gasteiger partial charge in [0.25, 0.3) is 0 Å². The van der Waals surface area contributed by atoms with E-state index < -0.39 is 0 Å². The van der Waals surface area contributed by atoms with Crippen LogP contribution in [0.1, 0.15) is 31.7 Å². The Morgan fingerprint density at radius 1 is 1.47 bits per heavy atom. The molecule has 1 N–H and O–H groups in total. The standard InChI is InChI=1S/C12H17ClFN/c1-4-12(15-3)8(2)9-5-6-11(14)10(13)7-9/h5-8,12,15H,4H2,1-3H3. The lowest BCUT2D eigenvalue weighted by Gasteiger charge is -2.22. The minimum atomic E-state index is -0.356. The van der Waals surface area contributed by atoms with Crippen LogP contribution in [0.25, 0.3) is 0 Å². The first kappa shape index (κ1) is 12.5. The molecule has 0 spiro atoms. The molecule has 0 saturated heterocycles. The lowest BCUT2D eigenvalue weighted by molar-refractivity contribution is 0.472. The van der Waals surface area contributed by atoms with E-state index in [-0.39, 0.29) is 10.8 Å². The summed E-state index contributed by atoms with van der Waals surface area (Å²) < 4.78 is 13.0. The van der Waals surface area contributed by atoms with E-state index in [0.29, 0.717) is 12.0 Å². The maximum Gasteiger partial charge on any atom is 0.141 e. The van der Waals surface area contributed by atoms with Gasteiger partial charge in [0.05, 0.1) is 5.02 Å². The van der Waals surface area contributed by atoms with Crippen LogP contribution in [0.2, 0.25) is 5.02 Å². The molecule has 0 saturated carbocycles. The van der Waals surface area contributed by atoms with Crippen LogP contribution in [0.5, 0.6) is 0 Å². The number of halogens is 2. The molecule has 1 aromatic rings. The van der Waals surface area contributed by atoms with Crippen LogP contribution < -0.4 is 5.32 Å². The Hall–Kier alpha value is -0.600. The molecule has 0 aromatic heterocycles. The van der Waals surface area contributed by atoms with Gasteiger partial charge in [-0.2, -0.15) is 0 Å². The van der Waals surface area contributed by atoms with Crippen LogP contribution in [0.3, 0.4) is 0 Å². The molecule has 3 heteroatoms. The van der Waals surface area contributed by atoms with Crippen LogP contribution in [-0.2, 0) is 0 Å². The first-order valence-electron chi connectivity index (χ1n) is 5.22. The van der Waals surface area contributed by atoms with Gasteiger partial charge in [0, 0.05) is 6.04 Å². The molecule has 1 rings (SSSR count). The van der Waals surface area contributed by atoms with E-state index in [1.54, 1.807) is 12.1 Å². The zero-order valence-electron chi connectivity index (χ0n) is 9.35. The van der Waals surface area contributed by atoms with Crippen LogP contribution in [0.15, 0.2) is 18.2 Å². The Morgan fingerprint density at radius 2 is 2.13 bits per heavy atom. The fourth-order valence-corrected chi connectivity index (χ4v) is 2.02. The molecule has 0 aliphatic heterocycles. The summed E-state index contributed by atoms with van der Waals surface area (Å²) in [5.41, 5.74) is 1.07. The molecule has 0 bridgehead atoms. The van der Waals surface area contributed by atoms with Crippen molar-refractivity contribution in [2.24, 2.45) is 0 Å². The second kappa shape index (κ2) is 5.47. The highest BCUT2D eigenvalue weighted by molar-refractivity contribution is 6.30. The van der Waals surface area contributed by atoms with Crippen molar-refractivity contribution < 1.29 is 4.39 Å². The van der Waals surface area contributed by atoms with Crippen molar-refractivity contribution in [3.8, 4) is 0 Å². The molecule has 84 valence electrons. The van der Waals surface area contributed by atoms with Crippen molar-refractivity contribution in [2.45, 2.75) is 32.2 Å². The Balaban J connectivity index is 2.90. The van der Waals surface area contributed by atoms with Crippen molar-refractivity contribution in [1.29, 1.82) is 0 Å². The maximum atomic E-state index is 13.0. The number of hydrogen-bond donors (Lipinski definition) is 1. The van der Waals surface area contributed by atoms with E-state index in [1.165, 1.54) is 6.07 Å². The molecule has 0 aliphatic rings. The average molecular weight is 230 g/mol. The van der Waals surface area contributed by atoms with Gasteiger partial charge in [0.15, 0.2) is 0 Å². The minimum absolute atomic E-state index is 0.199. The fraction of sp³-hybridized carbons (Fsp3) is 0.500. The summed E-state index contributed by atoms with van der Waals surface area (Å²) in [5.74, 6) is -0.0248. The van der Waals surface area contributed by atoms with E-state index in [1.807, 2.05) is 7.05 Å². The molecule has 0 radical (unpaired) electrons. The average Bonchev–Trinajstić information content (AvgIpc) is 2.23. The molecule has 0 aliphatic carbocycles. The third-order valence-corrected chi connectivity index (χ3v) is 3.17. The molecule has 0 fully saturated rings. The molecule has 1 aromatic carbocycles. The molecular formula is C12H17ClFN. The van der Waals surface area contributed by atoms with Crippen molar-refractivity contribution in [2.75, 3.05) is 7.05 Å². The summed E-state index contributed by atoms with van der Waals surface area (Å²) in [6.07, 6.45) is 1.03. The zero-order valence-corrected chi connectivity index (χ0v) is 10.1. The second-order valence-corrected chi connectivity index (χ2v) is 4.17. The fourth-order valence-electron chi connectivity index (χ4n) is 1.84. The Labute approximate surface area is 95.6 Å². The summed E-state index contributed by atoms with van der Waals surface area (Å²) in [6, 6.07) is 5.33. The lowest BCUT2D eigenvalue weighted by Crippen LogP contribution is -2.29. The van der Waals surface area contributed by atoms with Gasteiger partial charge >= 0.3 is 0 Å². The summed E-state index contributed by atoms with van der Waals surface area (Å²) >= 11 is 5.75. The van der Waals surface area contributed by atoms with Gasteiger partial charge in [-0.05, 0) is 37.1 Å². The number of benzene rings is 1. The quantitative estimate of drug-likeness (QED) is 0.832. The number of likely N-dealkylation sites (N-methyl/N-ethyl adjacent to an activating group) is 1. The summed E-state index contributed by atoms with van der Waals surface area (Å²) in [6.45, 7) is 4.25. The molecule has 1 nitrogen and oxygen atoms in total. The highest BCUT2D eigenvalue weighted by Crippen LogP contribution is 2.25. The third-order valence-electron chi connectivity index (χ3n) is 2.88. The van der Waals surface area contributed by atoms with Crippen LogP contribution in [0, 0.1) is 5.82 Å². The second-order valence-electron chi connectivity index (χ2n) is 3.77. The number of rotatable bonds is 4. The molecule has 2 unspecified atom stereocenters. The maximum absolute atomic E-state index is 13.0. The van der Waals surface area contributed by atoms with Crippen LogP contribution >= 0.6 is 11.6 Å². The normalized spacial score (nSPS) is 15.0. The SMILES string of the molecule is CCC(NC)C(C)c1ccc(F)c(Cl)c1. The molecular weight excluding hydrogens is 213 g/mol. The van der Waals surface area contributed by atoms with Crippen molar-refractivity contribution in [3.05, 3.63) is 34.6 Å². The topological polar surface area (TPSA) is 12.0 Å². The Morgan fingerprint density at radius 3 is 2.60 bits per heavy atom. The van der Waals surface area contributed by atoms with Crippen molar-refractivity contribution >= 4 is 11.6 Å². The Kier molecular flexibility index (Phi) is 4.55. The van der Waals surface area contributed by atoms with Crippen molar-refractivity contribution in [1.82, 2.24) is 5.32 Å². The summed E-state index contributed by atoms with van der Waals surface area (Å²) in [5, 5.41) is 3.45. The molecule has 0 heterocycles. The van der Waals surface area contributed by atoms with Gasteiger partial charge in [0.1, 0.15) is 5.82 Å². The largest absolute Gasteiger partial charge is 0.316 e. The van der Waals surface area contributed by atoms with Gasteiger partial charge in [-0.15, -0.1) is 0 Å². The van der Waals surface area contributed by atoms with E-state index >= 15 is 0 Å². The van der Waals surface area contributed by atoms with Gasteiger partial charge < -0.3 is 5.32 Å². The summed E-state index contributed by atoms with van der Waals surface area (Å²) in [4.78, 5) is 0. The van der Waals surface area contributed by atoms with E-state index in [9.17, 15) is 4.39 Å². The predicted octanol–water partition coefficient (Wildman–Crippen LogP) is 3.58. The van der Waals surface area contributed by atoms with E-state index in [4.69, 9.17) is 11.6 Å². The highest BCUT2D eigenvalue weighted by Gasteiger charge is 2.16. The smallest absolute Gasteiger partial charge is 0.141 e. The van der Waals surface area contributed by atoms with Crippen molar-refractivity contribution in [3.63, 3.8) is 0 Å². The highest BCUT2D eigenvalue weighted by atomic mass is 35.5. The number of nitrogens with one attached hydrogen (secondary N) is 1. The van der Waals surface area contributed by atoms with Gasteiger partial charge in [0.2, 0.25) is 0 Å². The van der Waals surface area contributed by atoms with E-state index in [2.05, 4.69) is 19.2 Å². The third kappa shape index (κ3) is 2.93. The molecule has 2 atom stereocenters. The number of hydrogen-bond acceptors (Lipinski definition) is 1. The first-order valence-corrected chi connectivity index (χ1v) is 5.60. The van der Waals surface area contributed by atoms with Crippen LogP contribution in [0.4, 0.5) is 4.39 Å². The van der Waals surface area contributed by atoms with Gasteiger partial charge in [-0.25, -0.2) is 4.39 Å². The first-order chi connectivity index (χ1) is 7.10. The molecule has 0 amide bonds. The van der Waals surface area contributed by atoms with E-state index in [0.717, 1.165) is 12.0 Å². The van der Waals surface area contributed by atoms with Gasteiger partial charge in [-0.3, -0.25) is 0 Å². The lowest BCUT2D eigenvalue weighted by atomic mass is 9.92. The monoisotopic (exact) mass is 229 g/mol. The zero-order chi connectivity index (χ0) is 11.4. The Bertz CT molecular complexity index is 323. The minimum Gasteiger partial charge on any atom is -0.316 e. The van der Waals surface area contributed by atoms with Gasteiger partial charge in [-0.1, -0.05) is 31.5 Å². The summed E-state index contributed by atoms with van der Waals surface area (Å²) in [7, 11) is 1.94. The molecule has 15 heavy (non-hydrogen) atoms. The predicted molar refractivity (Wildman–Crippen MR) is 63.0 cm³/mol. The van der Waals surface area contributed by atoms with Crippen LogP contribution in [-0.4, -0.2) is 13.1 Å².